The molecule has 0 fully saturated rings. The Hall–Kier alpha value is -4.12. The van der Waals surface area contributed by atoms with Crippen LogP contribution in [0.4, 0.5) is 29.2 Å². The Morgan fingerprint density at radius 1 is 1.08 bits per heavy atom. The van der Waals surface area contributed by atoms with Crippen molar-refractivity contribution >= 4 is 46.1 Å². The summed E-state index contributed by atoms with van der Waals surface area (Å²) in [5.74, 6) is -2.13. The molecule has 0 saturated carbocycles. The first-order chi connectivity index (χ1) is 17.8. The van der Waals surface area contributed by atoms with Crippen molar-refractivity contribution in [3.63, 3.8) is 0 Å². The second-order valence-electron chi connectivity index (χ2n) is 9.34. The molecule has 196 valence electrons. The Morgan fingerprint density at radius 3 is 2.53 bits per heavy atom. The van der Waals surface area contributed by atoms with E-state index < -0.39 is 35.0 Å². The smallest absolute Gasteiger partial charge is 0.416 e. The van der Waals surface area contributed by atoms with Crippen LogP contribution in [0.1, 0.15) is 45.7 Å². The number of rotatable bonds is 4. The predicted molar refractivity (Wildman–Crippen MR) is 133 cm³/mol. The summed E-state index contributed by atoms with van der Waals surface area (Å²) in [6.45, 7) is 3.62. The molecular formula is C26H19ClF4N4O3. The lowest BCUT2D eigenvalue weighted by molar-refractivity contribution is -0.137. The van der Waals surface area contributed by atoms with Crippen molar-refractivity contribution in [3.8, 4) is 5.75 Å². The third-order valence-corrected chi connectivity index (χ3v) is 6.24. The van der Waals surface area contributed by atoms with E-state index in [2.05, 4.69) is 20.6 Å². The maximum atomic E-state index is 14.2. The van der Waals surface area contributed by atoms with Gasteiger partial charge in [0.15, 0.2) is 0 Å². The van der Waals surface area contributed by atoms with Crippen LogP contribution in [0.5, 0.6) is 5.75 Å². The van der Waals surface area contributed by atoms with Gasteiger partial charge in [-0.3, -0.25) is 14.9 Å². The summed E-state index contributed by atoms with van der Waals surface area (Å²) in [7, 11) is 0. The molecule has 3 aromatic carbocycles. The molecular weight excluding hydrogens is 528 g/mol. The number of imidazole rings is 1. The van der Waals surface area contributed by atoms with Crippen LogP contribution in [0, 0.1) is 5.82 Å². The van der Waals surface area contributed by atoms with Gasteiger partial charge in [-0.2, -0.15) is 13.2 Å². The molecule has 38 heavy (non-hydrogen) atoms. The minimum Gasteiger partial charge on any atom is -0.486 e. The molecule has 5 rings (SSSR count). The van der Waals surface area contributed by atoms with E-state index >= 15 is 0 Å². The van der Waals surface area contributed by atoms with E-state index in [0.717, 1.165) is 18.2 Å². The van der Waals surface area contributed by atoms with Crippen molar-refractivity contribution in [3.05, 3.63) is 81.6 Å². The van der Waals surface area contributed by atoms with Gasteiger partial charge in [-0.05, 0) is 50.2 Å². The van der Waals surface area contributed by atoms with E-state index in [0.29, 0.717) is 23.0 Å². The summed E-state index contributed by atoms with van der Waals surface area (Å²) in [5.41, 5.74) is -0.606. The number of carbonyl (C=O) groups excluding carboxylic acids is 2. The number of halogens is 5. The van der Waals surface area contributed by atoms with Gasteiger partial charge in [-0.15, -0.1) is 0 Å². The topological polar surface area (TPSA) is 96.1 Å². The summed E-state index contributed by atoms with van der Waals surface area (Å²) in [4.78, 5) is 33.2. The molecule has 12 heteroatoms. The summed E-state index contributed by atoms with van der Waals surface area (Å²) in [5, 5.41) is 4.88. The van der Waals surface area contributed by atoms with E-state index in [9.17, 15) is 27.2 Å². The minimum absolute atomic E-state index is 0.0216. The quantitative estimate of drug-likeness (QED) is 0.252. The number of carbonyl (C=O) groups is 2. The highest BCUT2D eigenvalue weighted by Gasteiger charge is 2.37. The first-order valence-electron chi connectivity index (χ1n) is 11.3. The van der Waals surface area contributed by atoms with Crippen molar-refractivity contribution in [1.29, 1.82) is 0 Å². The van der Waals surface area contributed by atoms with Crippen LogP contribution in [-0.4, -0.2) is 27.4 Å². The van der Waals surface area contributed by atoms with E-state index in [4.69, 9.17) is 16.3 Å². The van der Waals surface area contributed by atoms with E-state index in [-0.39, 0.29) is 33.5 Å². The molecule has 0 atom stereocenters. The average molecular weight is 547 g/mol. The van der Waals surface area contributed by atoms with Crippen LogP contribution in [0.2, 0.25) is 5.02 Å². The molecule has 1 aliphatic heterocycles. The number of ether oxygens (including phenoxy) is 1. The van der Waals surface area contributed by atoms with E-state index in [1.165, 1.54) is 30.3 Å². The zero-order valence-electron chi connectivity index (χ0n) is 19.9. The number of hydrogen-bond donors (Lipinski definition) is 3. The first kappa shape index (κ1) is 25.5. The summed E-state index contributed by atoms with van der Waals surface area (Å²) >= 11 is 5.98. The maximum Gasteiger partial charge on any atom is 0.416 e. The van der Waals surface area contributed by atoms with Crippen molar-refractivity contribution in [2.24, 2.45) is 0 Å². The number of nitrogens with zero attached hydrogens (tertiary/aromatic N) is 1. The van der Waals surface area contributed by atoms with Crippen molar-refractivity contribution in [1.82, 2.24) is 9.97 Å². The van der Waals surface area contributed by atoms with Gasteiger partial charge in [0.2, 0.25) is 5.95 Å². The Bertz CT molecular complexity index is 1590. The Morgan fingerprint density at radius 2 is 1.82 bits per heavy atom. The molecule has 0 unspecified atom stereocenters. The normalized spacial score (nSPS) is 14.2. The van der Waals surface area contributed by atoms with Gasteiger partial charge >= 0.3 is 6.18 Å². The predicted octanol–water partition coefficient (Wildman–Crippen LogP) is 6.59. The highest BCUT2D eigenvalue weighted by molar-refractivity contribution is 6.34. The maximum absolute atomic E-state index is 14.2. The van der Waals surface area contributed by atoms with Crippen LogP contribution >= 0.6 is 11.6 Å². The van der Waals surface area contributed by atoms with Gasteiger partial charge in [-0.25, -0.2) is 9.37 Å². The number of anilines is 2. The second-order valence-corrected chi connectivity index (χ2v) is 9.74. The Labute approximate surface area is 218 Å². The molecule has 0 bridgehead atoms. The van der Waals surface area contributed by atoms with Gasteiger partial charge in [0, 0.05) is 17.7 Å². The third kappa shape index (κ3) is 4.76. The summed E-state index contributed by atoms with van der Waals surface area (Å²) < 4.78 is 59.5. The Balaban J connectivity index is 1.51. The molecule has 2 heterocycles. The molecule has 0 radical (unpaired) electrons. The number of hydrogen-bond acceptors (Lipinski definition) is 4. The lowest BCUT2D eigenvalue weighted by Gasteiger charge is -2.18. The van der Waals surface area contributed by atoms with Crippen molar-refractivity contribution in [2.45, 2.75) is 32.0 Å². The molecule has 2 amide bonds. The van der Waals surface area contributed by atoms with Crippen molar-refractivity contribution < 1.29 is 31.9 Å². The lowest BCUT2D eigenvalue weighted by Crippen LogP contribution is -2.25. The number of fused-ring (bicyclic) bond motifs is 3. The van der Waals surface area contributed by atoms with Crippen LogP contribution in [0.25, 0.3) is 11.0 Å². The van der Waals surface area contributed by atoms with E-state index in [1.807, 2.05) is 13.8 Å². The second kappa shape index (κ2) is 9.02. The van der Waals surface area contributed by atoms with Crippen LogP contribution in [-0.2, 0) is 12.6 Å². The number of benzene rings is 3. The van der Waals surface area contributed by atoms with Gasteiger partial charge < -0.3 is 15.0 Å². The minimum atomic E-state index is -4.57. The van der Waals surface area contributed by atoms with Crippen LogP contribution in [0.15, 0.2) is 48.5 Å². The first-order valence-corrected chi connectivity index (χ1v) is 11.7. The average Bonchev–Trinajstić information content (AvgIpc) is 3.36. The van der Waals surface area contributed by atoms with Crippen LogP contribution < -0.4 is 15.4 Å². The molecule has 0 spiro atoms. The number of alkyl halides is 3. The fourth-order valence-corrected chi connectivity index (χ4v) is 4.55. The SMILES string of the molecule is CC1(C)Cc2c(c(C(=O)Nc3cccc(C(F)(F)F)c3)cc3[nH]c(NC(=O)c4c(F)cccc4Cl)nc23)O1. The molecule has 4 aromatic rings. The molecule has 7 nitrogen and oxygen atoms in total. The largest absolute Gasteiger partial charge is 0.486 e. The lowest BCUT2D eigenvalue weighted by atomic mass is 9.98. The highest BCUT2D eigenvalue weighted by atomic mass is 35.5. The zero-order valence-corrected chi connectivity index (χ0v) is 20.6. The molecule has 0 saturated heterocycles. The number of amides is 2. The highest BCUT2D eigenvalue weighted by Crippen LogP contribution is 2.42. The molecule has 3 N–H and O–H groups in total. The van der Waals surface area contributed by atoms with Crippen molar-refractivity contribution in [2.75, 3.05) is 10.6 Å². The number of aromatic amines is 1. The fraction of sp³-hybridized carbons (Fsp3) is 0.192. The molecule has 1 aliphatic rings. The summed E-state index contributed by atoms with van der Waals surface area (Å²) in [6, 6.07) is 9.54. The number of nitrogens with one attached hydrogen (secondary N) is 3. The van der Waals surface area contributed by atoms with Gasteiger partial charge in [0.1, 0.15) is 17.2 Å². The van der Waals surface area contributed by atoms with Gasteiger partial charge in [0.05, 0.1) is 32.7 Å². The molecule has 1 aromatic heterocycles. The third-order valence-electron chi connectivity index (χ3n) is 5.92. The number of H-pyrrole nitrogens is 1. The van der Waals surface area contributed by atoms with E-state index in [1.54, 1.807) is 0 Å². The zero-order chi connectivity index (χ0) is 27.4. The van der Waals surface area contributed by atoms with Gasteiger partial charge in [-0.1, -0.05) is 23.7 Å². The number of aromatic nitrogens is 2. The monoisotopic (exact) mass is 546 g/mol. The standard InChI is InChI=1S/C26H19ClF4N4O3/c1-25(2)11-15-20-18(33-24(34-20)35-23(37)19-16(27)7-4-8-17(19)28)10-14(21(15)38-25)22(36)32-13-6-3-5-12(9-13)26(29,30)31/h3-10H,11H2,1-2H3,(H,32,36)(H2,33,34,35,37). The summed E-state index contributed by atoms with van der Waals surface area (Å²) in [6.07, 6.45) is -4.21. The van der Waals surface area contributed by atoms with Crippen LogP contribution in [0.3, 0.4) is 0 Å². The molecule has 0 aliphatic carbocycles. The van der Waals surface area contributed by atoms with Gasteiger partial charge in [0.25, 0.3) is 11.8 Å². The fourth-order valence-electron chi connectivity index (χ4n) is 4.30. The Kier molecular flexibility index (Phi) is 6.06.